The lowest BCUT2D eigenvalue weighted by atomic mass is 9.81. The van der Waals surface area contributed by atoms with Crippen molar-refractivity contribution in [2.24, 2.45) is 0 Å². The summed E-state index contributed by atoms with van der Waals surface area (Å²) in [6, 6.07) is 32.4. The van der Waals surface area contributed by atoms with Crippen LogP contribution in [0, 0.1) is 0 Å². The summed E-state index contributed by atoms with van der Waals surface area (Å²) >= 11 is 0. The van der Waals surface area contributed by atoms with Crippen LogP contribution >= 0.6 is 0 Å². The largest absolute Gasteiger partial charge is 0.456 e. The smallest absolute Gasteiger partial charge is 0.321 e. The van der Waals surface area contributed by atoms with Gasteiger partial charge >= 0.3 is 11.5 Å². The maximum atomic E-state index is 14.4. The summed E-state index contributed by atoms with van der Waals surface area (Å²) in [6.45, 7) is 0. The number of hydrogen-bond donors (Lipinski definition) is 0. The second-order valence-electron chi connectivity index (χ2n) is 11.8. The second-order valence-corrected chi connectivity index (χ2v) is 13.7. The Labute approximate surface area is 243 Å². The molecule has 4 aliphatic heterocycles. The summed E-state index contributed by atoms with van der Waals surface area (Å²) in [6.07, 6.45) is 4.16. The third-order valence-electron chi connectivity index (χ3n) is 10.1. The number of aromatic nitrogens is 4. The maximum Gasteiger partial charge on any atom is 0.321 e. The van der Waals surface area contributed by atoms with Gasteiger partial charge in [0.25, 0.3) is 5.82 Å². The topological polar surface area (TPSA) is 61.0 Å². The summed E-state index contributed by atoms with van der Waals surface area (Å²) in [7, 11) is -3.80. The van der Waals surface area contributed by atoms with Gasteiger partial charge in [0.1, 0.15) is 33.0 Å². The van der Waals surface area contributed by atoms with Crippen LogP contribution in [0.5, 0.6) is 11.5 Å². The van der Waals surface area contributed by atoms with E-state index in [1.807, 2.05) is 24.4 Å². The highest BCUT2D eigenvalue weighted by Crippen LogP contribution is 2.57. The van der Waals surface area contributed by atoms with E-state index in [1.54, 1.807) is 12.1 Å². The Kier molecular flexibility index (Phi) is 3.12. The van der Waals surface area contributed by atoms with Crippen molar-refractivity contribution in [3.63, 3.8) is 0 Å². The molecule has 0 fully saturated rings. The molecule has 1 atom stereocenters. The lowest BCUT2D eigenvalue weighted by Gasteiger charge is -2.41. The highest BCUT2D eigenvalue weighted by molar-refractivity contribution is 7.92. The minimum atomic E-state index is -3.80. The second kappa shape index (κ2) is 6.30. The Balaban J connectivity index is 1.47. The fourth-order valence-corrected chi connectivity index (χ4v) is 10.3. The SMILES string of the molecule is O=S1(=O)c2ccc[n+]3c2-n2c4c1cccc4c1ccc4c(c12)C31c2c(ccc3c5ccccc5n(c23)-c2cccc[n+]21)O4. The number of benzene rings is 4. The van der Waals surface area contributed by atoms with Crippen molar-refractivity contribution in [2.75, 3.05) is 0 Å². The molecule has 0 N–H and O–H groups in total. The molecule has 0 saturated heterocycles. The summed E-state index contributed by atoms with van der Waals surface area (Å²) in [4.78, 5) is 0.648. The van der Waals surface area contributed by atoms with Crippen LogP contribution in [0.4, 0.5) is 0 Å². The first kappa shape index (κ1) is 21.3. The van der Waals surface area contributed by atoms with Gasteiger partial charge in [-0.15, -0.1) is 0 Å². The van der Waals surface area contributed by atoms with Crippen LogP contribution in [0.2, 0.25) is 0 Å². The zero-order valence-corrected chi connectivity index (χ0v) is 23.1. The van der Waals surface area contributed by atoms with Crippen molar-refractivity contribution in [1.29, 1.82) is 0 Å². The van der Waals surface area contributed by atoms with Crippen LogP contribution in [0.3, 0.4) is 0 Å². The average molecular weight is 575 g/mol. The Morgan fingerprint density at radius 2 is 1.26 bits per heavy atom. The number of pyridine rings is 2. The van der Waals surface area contributed by atoms with Crippen LogP contribution in [0.25, 0.3) is 55.2 Å². The first-order valence-corrected chi connectivity index (χ1v) is 15.8. The summed E-state index contributed by atoms with van der Waals surface area (Å²) in [5, 5.41) is 4.23. The first-order chi connectivity index (χ1) is 21.1. The molecule has 0 saturated carbocycles. The Hall–Kier alpha value is -5.47. The van der Waals surface area contributed by atoms with Gasteiger partial charge in [-0.2, -0.15) is 18.3 Å². The predicted molar refractivity (Wildman–Crippen MR) is 159 cm³/mol. The third kappa shape index (κ3) is 1.92. The van der Waals surface area contributed by atoms with Gasteiger partial charge in [-0.25, -0.2) is 8.42 Å². The molecule has 0 bridgehead atoms. The zero-order valence-electron chi connectivity index (χ0n) is 22.3. The molecule has 4 aromatic heterocycles. The molecule has 12 rings (SSSR count). The summed E-state index contributed by atoms with van der Waals surface area (Å²) < 4.78 is 44.6. The highest BCUT2D eigenvalue weighted by Gasteiger charge is 2.65. The van der Waals surface area contributed by atoms with Crippen molar-refractivity contribution in [3.8, 4) is 23.1 Å². The van der Waals surface area contributed by atoms with Crippen LogP contribution in [0.15, 0.2) is 119 Å². The van der Waals surface area contributed by atoms with E-state index in [4.69, 9.17) is 4.74 Å². The van der Waals surface area contributed by atoms with Crippen molar-refractivity contribution < 1.29 is 22.3 Å². The quantitative estimate of drug-likeness (QED) is 0.221. The van der Waals surface area contributed by atoms with Crippen molar-refractivity contribution in [3.05, 3.63) is 121 Å². The number of nitrogens with zero attached hydrogens (tertiary/aromatic N) is 4. The monoisotopic (exact) mass is 574 g/mol. The van der Waals surface area contributed by atoms with E-state index >= 15 is 0 Å². The molecular formula is C35H18N4O3S+2. The van der Waals surface area contributed by atoms with Crippen molar-refractivity contribution >= 4 is 53.4 Å². The molecule has 0 amide bonds. The van der Waals surface area contributed by atoms with Gasteiger partial charge in [0.15, 0.2) is 21.4 Å². The fourth-order valence-electron chi connectivity index (χ4n) is 8.67. The van der Waals surface area contributed by atoms with Crippen molar-refractivity contribution in [2.45, 2.75) is 15.5 Å². The van der Waals surface area contributed by atoms with Crippen LogP contribution in [-0.2, 0) is 15.5 Å². The molecule has 8 heterocycles. The number of ether oxygens (including phenoxy) is 1. The van der Waals surface area contributed by atoms with Crippen LogP contribution < -0.4 is 13.9 Å². The van der Waals surface area contributed by atoms with Gasteiger partial charge in [0.2, 0.25) is 9.84 Å². The Morgan fingerprint density at radius 1 is 0.581 bits per heavy atom. The zero-order chi connectivity index (χ0) is 28.0. The van der Waals surface area contributed by atoms with Crippen molar-refractivity contribution in [1.82, 2.24) is 9.13 Å². The number of rotatable bonds is 0. The molecule has 7 nitrogen and oxygen atoms in total. The molecule has 4 aliphatic rings. The van der Waals surface area contributed by atoms with Gasteiger partial charge in [-0.05, 0) is 66.7 Å². The van der Waals surface area contributed by atoms with E-state index < -0.39 is 15.5 Å². The van der Waals surface area contributed by atoms with Gasteiger partial charge in [-0.1, -0.05) is 24.3 Å². The minimum Gasteiger partial charge on any atom is -0.456 e. The Morgan fingerprint density at radius 3 is 2.12 bits per heavy atom. The molecule has 43 heavy (non-hydrogen) atoms. The molecular weight excluding hydrogens is 556 g/mol. The van der Waals surface area contributed by atoms with Gasteiger partial charge in [-0.3, -0.25) is 0 Å². The Bertz CT molecular complexity index is 2850. The van der Waals surface area contributed by atoms with Crippen LogP contribution in [0.1, 0.15) is 11.1 Å². The molecule has 8 aromatic rings. The van der Waals surface area contributed by atoms with Crippen LogP contribution in [-0.4, -0.2) is 17.6 Å². The summed E-state index contributed by atoms with van der Waals surface area (Å²) in [5.41, 5.74) is 4.95. The molecule has 1 unspecified atom stereocenters. The van der Waals surface area contributed by atoms with E-state index in [-0.39, 0.29) is 0 Å². The van der Waals surface area contributed by atoms with Gasteiger partial charge < -0.3 is 4.74 Å². The molecule has 200 valence electrons. The molecule has 1 spiro atoms. The lowest BCUT2D eigenvalue weighted by molar-refractivity contribution is -0.968. The predicted octanol–water partition coefficient (Wildman–Crippen LogP) is 5.63. The molecule has 0 aliphatic carbocycles. The molecule has 8 heteroatoms. The van der Waals surface area contributed by atoms with E-state index in [1.165, 1.54) is 0 Å². The van der Waals surface area contributed by atoms with E-state index in [0.29, 0.717) is 15.6 Å². The van der Waals surface area contributed by atoms with E-state index in [9.17, 15) is 8.42 Å². The van der Waals surface area contributed by atoms with E-state index in [0.717, 1.165) is 72.1 Å². The average Bonchev–Trinajstić information content (AvgIpc) is 3.56. The highest BCUT2D eigenvalue weighted by atomic mass is 32.2. The molecule has 0 radical (unpaired) electrons. The third-order valence-corrected chi connectivity index (χ3v) is 11.9. The van der Waals surface area contributed by atoms with Gasteiger partial charge in [0, 0.05) is 27.6 Å². The number of para-hydroxylation sites is 2. The maximum absolute atomic E-state index is 14.4. The number of sulfone groups is 1. The molecule has 4 aromatic carbocycles. The van der Waals surface area contributed by atoms with E-state index in [2.05, 4.69) is 91.2 Å². The lowest BCUT2D eigenvalue weighted by Crippen LogP contribution is -2.79. The standard InChI is InChI=1S/C35H18N4O3S/c40-43(41)26-10-5-8-20-22-14-16-25-30-33(22)39(31(20)26)34-27(43)11-6-18-37(34)35(30)29-24(42-25)15-13-21-19-7-1-2-9-23(19)38(32(21)29)28-12-3-4-17-36(28)35/h1-18H/q+2. The summed E-state index contributed by atoms with van der Waals surface area (Å²) in [5.74, 6) is 3.18. The first-order valence-electron chi connectivity index (χ1n) is 14.3. The fraction of sp³-hybridized carbons (Fsp3) is 0.0286. The minimum absolute atomic E-state index is 0.308. The number of hydrogen-bond acceptors (Lipinski definition) is 3. The number of fused-ring (bicyclic) bond motifs is 6. The van der Waals surface area contributed by atoms with Gasteiger partial charge in [0.05, 0.1) is 12.4 Å². The normalized spacial score (nSPS) is 18.9.